The van der Waals surface area contributed by atoms with E-state index >= 15 is 0 Å². The number of benzene rings is 3. The van der Waals surface area contributed by atoms with Gasteiger partial charge in [-0.2, -0.15) is 0 Å². The average Bonchev–Trinajstić information content (AvgIpc) is 3.50. The Morgan fingerprint density at radius 1 is 1.09 bits per heavy atom. The standard InChI is InChI=1S/C29H25NO5/c31-23-12-19-10-11-30-15-20-13-24-25(34-16-33-24)14-22(20)27(28(19)30)29(23)35-26(32)9-8-18-6-3-5-17-4-1-2-7-21(17)18/h1-9,12-14,23,27-29,31H,10-11,15-16H2/b9-8+/t23-,27?,28?,29+/m0/s1. The van der Waals surface area contributed by atoms with Crippen LogP contribution in [0.15, 0.2) is 72.3 Å². The molecule has 0 spiro atoms. The van der Waals surface area contributed by atoms with Crippen LogP contribution < -0.4 is 9.47 Å². The van der Waals surface area contributed by atoms with Crippen molar-refractivity contribution in [1.82, 2.24) is 4.90 Å². The molecule has 3 aromatic rings. The van der Waals surface area contributed by atoms with E-state index in [-0.39, 0.29) is 18.8 Å². The Morgan fingerprint density at radius 2 is 1.91 bits per heavy atom. The molecule has 0 amide bonds. The van der Waals surface area contributed by atoms with Gasteiger partial charge in [0.15, 0.2) is 11.5 Å². The lowest BCUT2D eigenvalue weighted by Crippen LogP contribution is -2.51. The van der Waals surface area contributed by atoms with Crippen LogP contribution in [-0.2, 0) is 16.1 Å². The number of hydrogen-bond acceptors (Lipinski definition) is 6. The molecule has 0 aromatic heterocycles. The first-order chi connectivity index (χ1) is 17.2. The highest BCUT2D eigenvalue weighted by Gasteiger charge is 2.50. The van der Waals surface area contributed by atoms with Crippen molar-refractivity contribution in [3.8, 4) is 11.5 Å². The van der Waals surface area contributed by atoms with Gasteiger partial charge >= 0.3 is 5.97 Å². The first-order valence-electron chi connectivity index (χ1n) is 12.1. The molecule has 6 heteroatoms. The number of hydrogen-bond donors (Lipinski definition) is 1. The van der Waals surface area contributed by atoms with Crippen LogP contribution in [0.4, 0.5) is 0 Å². The van der Waals surface area contributed by atoms with Gasteiger partial charge < -0.3 is 19.3 Å². The number of nitrogens with zero attached hydrogens (tertiary/aromatic N) is 1. The molecular weight excluding hydrogens is 442 g/mol. The monoisotopic (exact) mass is 467 g/mol. The number of ether oxygens (including phenoxy) is 3. The summed E-state index contributed by atoms with van der Waals surface area (Å²) in [5.41, 5.74) is 4.38. The molecule has 4 atom stereocenters. The van der Waals surface area contributed by atoms with Gasteiger partial charge in [0, 0.05) is 31.1 Å². The van der Waals surface area contributed by atoms with Crippen molar-refractivity contribution in [2.24, 2.45) is 0 Å². The van der Waals surface area contributed by atoms with E-state index in [4.69, 9.17) is 14.2 Å². The molecule has 35 heavy (non-hydrogen) atoms. The number of rotatable bonds is 3. The predicted octanol–water partition coefficient (Wildman–Crippen LogP) is 4.17. The molecule has 0 bridgehead atoms. The number of carbonyl (C=O) groups excluding carboxylic acids is 1. The molecule has 1 saturated heterocycles. The largest absolute Gasteiger partial charge is 0.455 e. The molecule has 6 nitrogen and oxygen atoms in total. The average molecular weight is 468 g/mol. The van der Waals surface area contributed by atoms with Gasteiger partial charge in [-0.1, -0.05) is 54.1 Å². The molecule has 3 heterocycles. The van der Waals surface area contributed by atoms with Crippen molar-refractivity contribution in [3.05, 3.63) is 89.0 Å². The number of carbonyl (C=O) groups is 1. The third kappa shape index (κ3) is 3.36. The van der Waals surface area contributed by atoms with Gasteiger partial charge in [0.05, 0.1) is 0 Å². The lowest BCUT2D eigenvalue weighted by Gasteiger charge is -2.45. The minimum Gasteiger partial charge on any atom is -0.455 e. The van der Waals surface area contributed by atoms with Gasteiger partial charge in [0.25, 0.3) is 0 Å². The summed E-state index contributed by atoms with van der Waals surface area (Å²) in [6.07, 6.45) is 4.51. The second-order valence-electron chi connectivity index (χ2n) is 9.63. The Kier molecular flexibility index (Phi) is 4.72. The van der Waals surface area contributed by atoms with Gasteiger partial charge in [-0.15, -0.1) is 0 Å². The van der Waals surface area contributed by atoms with E-state index in [2.05, 4.69) is 4.90 Å². The van der Waals surface area contributed by atoms with Crippen molar-refractivity contribution in [2.45, 2.75) is 37.1 Å². The van der Waals surface area contributed by atoms with E-state index in [9.17, 15) is 9.90 Å². The number of aliphatic hydroxyl groups excluding tert-OH is 1. The summed E-state index contributed by atoms with van der Waals surface area (Å²) in [7, 11) is 0. The minimum absolute atomic E-state index is 0.117. The number of aliphatic hydroxyl groups is 1. The smallest absolute Gasteiger partial charge is 0.331 e. The van der Waals surface area contributed by atoms with Crippen molar-refractivity contribution in [1.29, 1.82) is 0 Å². The summed E-state index contributed by atoms with van der Waals surface area (Å²) < 4.78 is 17.2. The molecule has 7 rings (SSSR count). The summed E-state index contributed by atoms with van der Waals surface area (Å²) in [5.74, 6) is 0.832. The zero-order valence-electron chi connectivity index (χ0n) is 19.1. The van der Waals surface area contributed by atoms with Crippen LogP contribution in [-0.4, -0.2) is 47.6 Å². The SMILES string of the molecule is O=C(/C=C/c1cccc2ccccc12)O[C@H]1C2c3cc4c(cc3CN3CCC(=C[C@@H]1O)C23)OCO4. The molecule has 1 N–H and O–H groups in total. The number of esters is 1. The Labute approximate surface area is 203 Å². The first kappa shape index (κ1) is 20.7. The Bertz CT molecular complexity index is 1400. The highest BCUT2D eigenvalue weighted by Crippen LogP contribution is 2.50. The van der Waals surface area contributed by atoms with E-state index in [1.54, 1.807) is 6.08 Å². The van der Waals surface area contributed by atoms with Crippen molar-refractivity contribution >= 4 is 22.8 Å². The second-order valence-corrected chi connectivity index (χ2v) is 9.63. The highest BCUT2D eigenvalue weighted by molar-refractivity contribution is 5.94. The van der Waals surface area contributed by atoms with Crippen LogP contribution in [0, 0.1) is 0 Å². The fourth-order valence-electron chi connectivity index (χ4n) is 6.20. The van der Waals surface area contributed by atoms with Crippen LogP contribution in [0.1, 0.15) is 29.0 Å². The Hall–Kier alpha value is -3.61. The quantitative estimate of drug-likeness (QED) is 0.354. The lowest BCUT2D eigenvalue weighted by atomic mass is 9.73. The third-order valence-electron chi connectivity index (χ3n) is 7.72. The minimum atomic E-state index is -0.863. The van der Waals surface area contributed by atoms with E-state index in [1.807, 2.05) is 60.7 Å². The molecule has 3 aliphatic heterocycles. The zero-order chi connectivity index (χ0) is 23.5. The highest BCUT2D eigenvalue weighted by atomic mass is 16.7. The van der Waals surface area contributed by atoms with Crippen LogP contribution >= 0.6 is 0 Å². The van der Waals surface area contributed by atoms with E-state index in [0.29, 0.717) is 5.75 Å². The summed E-state index contributed by atoms with van der Waals surface area (Å²) >= 11 is 0. The molecule has 4 aliphatic rings. The van der Waals surface area contributed by atoms with Gasteiger partial charge in [-0.05, 0) is 52.1 Å². The molecule has 176 valence electrons. The topological polar surface area (TPSA) is 68.2 Å². The second kappa shape index (κ2) is 7.97. The molecule has 0 saturated carbocycles. The molecule has 1 aliphatic carbocycles. The maximum Gasteiger partial charge on any atom is 0.331 e. The summed E-state index contributed by atoms with van der Waals surface area (Å²) in [6.45, 7) is 1.94. The molecule has 2 unspecified atom stereocenters. The van der Waals surface area contributed by atoms with E-state index < -0.39 is 18.2 Å². The normalized spacial score (nSPS) is 26.5. The Balaban J connectivity index is 1.22. The van der Waals surface area contributed by atoms with Crippen molar-refractivity contribution < 1.29 is 24.1 Å². The van der Waals surface area contributed by atoms with E-state index in [0.717, 1.165) is 52.7 Å². The van der Waals surface area contributed by atoms with E-state index in [1.165, 1.54) is 11.6 Å². The number of fused-ring (bicyclic) bond motifs is 4. The Morgan fingerprint density at radius 3 is 2.83 bits per heavy atom. The van der Waals surface area contributed by atoms with Gasteiger partial charge in [-0.3, -0.25) is 4.90 Å². The predicted molar refractivity (Wildman–Crippen MR) is 131 cm³/mol. The maximum absolute atomic E-state index is 13.0. The van der Waals surface area contributed by atoms with Gasteiger partial charge in [0.2, 0.25) is 6.79 Å². The van der Waals surface area contributed by atoms with Crippen LogP contribution in [0.3, 0.4) is 0 Å². The molecular formula is C29H25NO5. The third-order valence-corrected chi connectivity index (χ3v) is 7.72. The van der Waals surface area contributed by atoms with Crippen molar-refractivity contribution in [2.75, 3.05) is 13.3 Å². The fourth-order valence-corrected chi connectivity index (χ4v) is 6.20. The van der Waals surface area contributed by atoms with Crippen LogP contribution in [0.5, 0.6) is 11.5 Å². The molecule has 1 fully saturated rings. The van der Waals surface area contributed by atoms with Gasteiger partial charge in [-0.25, -0.2) is 4.79 Å². The lowest BCUT2D eigenvalue weighted by molar-refractivity contribution is -0.150. The molecule has 0 radical (unpaired) electrons. The van der Waals surface area contributed by atoms with Crippen LogP contribution in [0.25, 0.3) is 16.8 Å². The first-order valence-corrected chi connectivity index (χ1v) is 12.1. The molecule has 3 aromatic carbocycles. The maximum atomic E-state index is 13.0. The summed E-state index contributed by atoms with van der Waals surface area (Å²) in [4.78, 5) is 15.4. The fraction of sp³-hybridized carbons (Fsp3) is 0.276. The van der Waals surface area contributed by atoms with Crippen LogP contribution in [0.2, 0.25) is 0 Å². The van der Waals surface area contributed by atoms with Crippen molar-refractivity contribution in [3.63, 3.8) is 0 Å². The summed E-state index contributed by atoms with van der Waals surface area (Å²) in [5, 5.41) is 13.3. The zero-order valence-corrected chi connectivity index (χ0v) is 19.1. The summed E-state index contributed by atoms with van der Waals surface area (Å²) in [6, 6.07) is 18.2. The van der Waals surface area contributed by atoms with Gasteiger partial charge in [0.1, 0.15) is 12.2 Å².